The molecule has 6 nitrogen and oxygen atoms in total. The molecule has 0 spiro atoms. The third kappa shape index (κ3) is 5.23. The minimum atomic E-state index is -0.462. The largest absolute Gasteiger partial charge is 0.394 e. The number of aliphatic hydroxyl groups is 1. The number of carbonyl (C=O) groups excluding carboxylic acids is 1. The van der Waals surface area contributed by atoms with Gasteiger partial charge in [0.25, 0.3) is 5.56 Å². The van der Waals surface area contributed by atoms with E-state index in [2.05, 4.69) is 21.0 Å². The Labute approximate surface area is 174 Å². The van der Waals surface area contributed by atoms with E-state index in [0.29, 0.717) is 21.3 Å². The lowest BCUT2D eigenvalue weighted by molar-refractivity contribution is 0.0657. The first-order valence-electron chi connectivity index (χ1n) is 8.84. The Morgan fingerprint density at radius 2 is 1.90 bits per heavy atom. The second-order valence-corrected chi connectivity index (χ2v) is 7.13. The molecule has 29 heavy (non-hydrogen) atoms. The average molecular weight is 461 g/mol. The molecule has 0 aliphatic carbocycles. The van der Waals surface area contributed by atoms with Crippen molar-refractivity contribution in [2.75, 3.05) is 19.8 Å². The van der Waals surface area contributed by atoms with E-state index in [4.69, 9.17) is 9.84 Å². The lowest BCUT2D eigenvalue weighted by atomic mass is 10.0. The van der Waals surface area contributed by atoms with Gasteiger partial charge in [-0.3, -0.25) is 9.59 Å². The third-order valence-electron chi connectivity index (χ3n) is 4.14. The SMILES string of the molecule is O=C(COCCO)c1nn(-c2ccccc2)c(=O)cc1Cc1ccc(Br)cc1F. The van der Waals surface area contributed by atoms with Gasteiger partial charge >= 0.3 is 0 Å². The molecule has 0 atom stereocenters. The summed E-state index contributed by atoms with van der Waals surface area (Å²) in [6.07, 6.45) is 0.0258. The predicted octanol–water partition coefficient (Wildman–Crippen LogP) is 2.92. The number of aromatic nitrogens is 2. The number of hydrogen-bond acceptors (Lipinski definition) is 5. The van der Waals surface area contributed by atoms with Gasteiger partial charge in [-0.2, -0.15) is 9.78 Å². The van der Waals surface area contributed by atoms with Crippen LogP contribution in [0.15, 0.2) is 63.9 Å². The van der Waals surface area contributed by atoms with Crippen molar-refractivity contribution < 1.29 is 19.0 Å². The van der Waals surface area contributed by atoms with Crippen LogP contribution in [0.4, 0.5) is 4.39 Å². The Bertz CT molecular complexity index is 1070. The van der Waals surface area contributed by atoms with Gasteiger partial charge in [0.05, 0.1) is 18.9 Å². The fourth-order valence-corrected chi connectivity index (χ4v) is 3.12. The number of benzene rings is 2. The first-order valence-corrected chi connectivity index (χ1v) is 9.63. The quantitative estimate of drug-likeness (QED) is 0.412. The van der Waals surface area contributed by atoms with Crippen molar-refractivity contribution in [1.29, 1.82) is 0 Å². The van der Waals surface area contributed by atoms with Gasteiger partial charge in [-0.15, -0.1) is 0 Å². The summed E-state index contributed by atoms with van der Waals surface area (Å²) in [5, 5.41) is 13.1. The monoisotopic (exact) mass is 460 g/mol. The van der Waals surface area contributed by atoms with Crippen LogP contribution in [0.3, 0.4) is 0 Å². The summed E-state index contributed by atoms with van der Waals surface area (Å²) in [7, 11) is 0. The molecule has 8 heteroatoms. The summed E-state index contributed by atoms with van der Waals surface area (Å²) < 4.78 is 21.1. The lowest BCUT2D eigenvalue weighted by Gasteiger charge is -2.12. The highest BCUT2D eigenvalue weighted by Gasteiger charge is 2.19. The van der Waals surface area contributed by atoms with Crippen molar-refractivity contribution in [3.63, 3.8) is 0 Å². The minimum absolute atomic E-state index is 0.000732. The van der Waals surface area contributed by atoms with Crippen LogP contribution in [0, 0.1) is 5.82 Å². The molecule has 1 aromatic heterocycles. The number of rotatable bonds is 8. The van der Waals surface area contributed by atoms with Gasteiger partial charge in [-0.1, -0.05) is 40.2 Å². The van der Waals surface area contributed by atoms with Crippen LogP contribution >= 0.6 is 15.9 Å². The van der Waals surface area contributed by atoms with E-state index in [-0.39, 0.29) is 31.9 Å². The highest BCUT2D eigenvalue weighted by atomic mass is 79.9. The molecular formula is C21H18BrFN2O4. The molecule has 0 radical (unpaired) electrons. The zero-order chi connectivity index (χ0) is 20.8. The number of hydrogen-bond donors (Lipinski definition) is 1. The fourth-order valence-electron chi connectivity index (χ4n) is 2.78. The zero-order valence-corrected chi connectivity index (χ0v) is 16.9. The summed E-state index contributed by atoms with van der Waals surface area (Å²) >= 11 is 3.20. The zero-order valence-electron chi connectivity index (χ0n) is 15.3. The van der Waals surface area contributed by atoms with Crippen molar-refractivity contribution in [1.82, 2.24) is 9.78 Å². The van der Waals surface area contributed by atoms with E-state index in [9.17, 15) is 14.0 Å². The molecule has 0 bridgehead atoms. The highest BCUT2D eigenvalue weighted by Crippen LogP contribution is 2.19. The van der Waals surface area contributed by atoms with Crippen LogP contribution in [0.2, 0.25) is 0 Å². The van der Waals surface area contributed by atoms with Gasteiger partial charge < -0.3 is 9.84 Å². The number of para-hydroxylation sites is 1. The maximum atomic E-state index is 14.3. The van der Waals surface area contributed by atoms with Crippen molar-refractivity contribution >= 4 is 21.7 Å². The van der Waals surface area contributed by atoms with Crippen LogP contribution in [-0.2, 0) is 11.2 Å². The molecule has 2 aromatic carbocycles. The van der Waals surface area contributed by atoms with Crippen LogP contribution in [0.25, 0.3) is 5.69 Å². The standard InChI is InChI=1S/C21H18BrFN2O4/c22-16-7-6-14(18(23)12-16)10-15-11-20(28)25(17-4-2-1-3-5-17)24-21(15)19(27)13-29-9-8-26/h1-7,11-12,26H,8-10,13H2. The second kappa shape index (κ2) is 9.69. The number of halogens is 2. The Hall–Kier alpha value is -2.68. The van der Waals surface area contributed by atoms with E-state index >= 15 is 0 Å². The molecular weight excluding hydrogens is 443 g/mol. The fraction of sp³-hybridized carbons (Fsp3) is 0.190. The normalized spacial score (nSPS) is 10.9. The summed E-state index contributed by atoms with van der Waals surface area (Å²) in [5.41, 5.74) is 0.729. The van der Waals surface area contributed by atoms with Gasteiger partial charge in [-0.05, 0) is 35.4 Å². The van der Waals surface area contributed by atoms with Gasteiger partial charge in [0, 0.05) is 17.0 Å². The predicted molar refractivity (Wildman–Crippen MR) is 109 cm³/mol. The molecule has 1 heterocycles. The molecule has 0 saturated carbocycles. The van der Waals surface area contributed by atoms with Gasteiger partial charge in [0.2, 0.25) is 5.78 Å². The molecule has 0 unspecified atom stereocenters. The Morgan fingerprint density at radius 1 is 1.14 bits per heavy atom. The van der Waals surface area contributed by atoms with Crippen molar-refractivity contribution in [2.45, 2.75) is 6.42 Å². The molecule has 3 aromatic rings. The first-order chi connectivity index (χ1) is 14.0. The Balaban J connectivity index is 2.04. The maximum Gasteiger partial charge on any atom is 0.271 e. The van der Waals surface area contributed by atoms with Gasteiger partial charge in [0.15, 0.2) is 0 Å². The van der Waals surface area contributed by atoms with Gasteiger partial charge in [-0.25, -0.2) is 4.39 Å². The van der Waals surface area contributed by atoms with E-state index in [0.717, 1.165) is 4.68 Å². The molecule has 0 fully saturated rings. The van der Waals surface area contributed by atoms with E-state index in [1.54, 1.807) is 42.5 Å². The van der Waals surface area contributed by atoms with Crippen molar-refractivity contribution in [3.05, 3.63) is 92.1 Å². The van der Waals surface area contributed by atoms with Crippen LogP contribution in [-0.4, -0.2) is 40.5 Å². The molecule has 1 N–H and O–H groups in total. The number of ketones is 1. The topological polar surface area (TPSA) is 81.4 Å². The van der Waals surface area contributed by atoms with E-state index in [1.807, 2.05) is 0 Å². The summed E-state index contributed by atoms with van der Waals surface area (Å²) in [5.74, 6) is -0.919. The Morgan fingerprint density at radius 3 is 2.59 bits per heavy atom. The van der Waals surface area contributed by atoms with E-state index in [1.165, 1.54) is 12.1 Å². The number of aliphatic hydroxyl groups excluding tert-OH is 1. The molecule has 150 valence electrons. The number of nitrogens with zero attached hydrogens (tertiary/aromatic N) is 2. The van der Waals surface area contributed by atoms with Crippen LogP contribution in [0.5, 0.6) is 0 Å². The molecule has 0 saturated heterocycles. The Kier molecular flexibility index (Phi) is 7.03. The highest BCUT2D eigenvalue weighted by molar-refractivity contribution is 9.10. The number of carbonyl (C=O) groups is 1. The molecule has 0 aliphatic heterocycles. The smallest absolute Gasteiger partial charge is 0.271 e. The van der Waals surface area contributed by atoms with Crippen LogP contribution in [0.1, 0.15) is 21.6 Å². The van der Waals surface area contributed by atoms with Crippen molar-refractivity contribution in [2.24, 2.45) is 0 Å². The third-order valence-corrected chi connectivity index (χ3v) is 4.63. The maximum absolute atomic E-state index is 14.3. The lowest BCUT2D eigenvalue weighted by Crippen LogP contribution is -2.27. The van der Waals surface area contributed by atoms with Crippen molar-refractivity contribution in [3.8, 4) is 5.69 Å². The van der Waals surface area contributed by atoms with Gasteiger partial charge in [0.1, 0.15) is 18.1 Å². The number of ether oxygens (including phenoxy) is 1. The second-order valence-electron chi connectivity index (χ2n) is 6.22. The molecule has 3 rings (SSSR count). The first kappa shape index (κ1) is 21.0. The minimum Gasteiger partial charge on any atom is -0.394 e. The molecule has 0 aliphatic rings. The van der Waals surface area contributed by atoms with E-state index < -0.39 is 17.2 Å². The summed E-state index contributed by atoms with van der Waals surface area (Å²) in [6, 6.07) is 14.6. The summed E-state index contributed by atoms with van der Waals surface area (Å²) in [6.45, 7) is -0.529. The average Bonchev–Trinajstić information content (AvgIpc) is 2.71. The molecule has 0 amide bonds. The number of Topliss-reactive ketones (excluding diaryl/α,β-unsaturated/α-hetero) is 1. The summed E-state index contributed by atoms with van der Waals surface area (Å²) in [4.78, 5) is 25.3. The van der Waals surface area contributed by atoms with Crippen LogP contribution < -0.4 is 5.56 Å².